The van der Waals surface area contributed by atoms with Gasteiger partial charge in [-0.3, -0.25) is 4.79 Å². The van der Waals surface area contributed by atoms with Gasteiger partial charge >= 0.3 is 22.3 Å². The first kappa shape index (κ1) is 16.9. The molecule has 0 saturated carbocycles. The summed E-state index contributed by atoms with van der Waals surface area (Å²) in [6.07, 6.45) is -1.23. The number of hydrogen-bond donors (Lipinski definition) is 3. The van der Waals surface area contributed by atoms with E-state index in [0.29, 0.717) is 5.56 Å². The van der Waals surface area contributed by atoms with Crippen molar-refractivity contribution in [1.29, 1.82) is 0 Å². The molecule has 0 heterocycles. The molecule has 116 valence electrons. The summed E-state index contributed by atoms with van der Waals surface area (Å²) in [6, 6.07) is 7.11. The number of benzene rings is 1. The summed E-state index contributed by atoms with van der Waals surface area (Å²) in [4.78, 5) is 22.2. The van der Waals surface area contributed by atoms with Gasteiger partial charge in [0, 0.05) is 0 Å². The maximum Gasteiger partial charge on any atom is 0.421 e. The van der Waals surface area contributed by atoms with Gasteiger partial charge in [0.05, 0.1) is 6.61 Å². The van der Waals surface area contributed by atoms with E-state index in [1.54, 1.807) is 35.1 Å². The molecule has 0 aromatic heterocycles. The molecule has 1 atom stereocenters. The van der Waals surface area contributed by atoms with Crippen LogP contribution in [-0.2, 0) is 26.2 Å². The molecule has 1 amide bonds. The fraction of sp³-hybridized carbons (Fsp3) is 0.333. The van der Waals surface area contributed by atoms with E-state index in [2.05, 4.69) is 4.74 Å². The van der Waals surface area contributed by atoms with E-state index < -0.39 is 28.3 Å². The molecule has 0 aliphatic rings. The topological polar surface area (TPSA) is 122 Å². The van der Waals surface area contributed by atoms with Crippen molar-refractivity contribution in [2.45, 2.75) is 19.4 Å². The van der Waals surface area contributed by atoms with E-state index >= 15 is 0 Å². The molecular weight excluding hydrogens is 300 g/mol. The zero-order valence-corrected chi connectivity index (χ0v) is 12.1. The molecule has 0 saturated heterocycles. The second-order valence-corrected chi connectivity index (χ2v) is 5.47. The third-order valence-corrected chi connectivity index (χ3v) is 3.40. The van der Waals surface area contributed by atoms with E-state index in [-0.39, 0.29) is 13.0 Å². The summed E-state index contributed by atoms with van der Waals surface area (Å²) in [6.45, 7) is 1.50. The molecule has 0 aliphatic carbocycles. The van der Waals surface area contributed by atoms with Crippen LogP contribution >= 0.6 is 0 Å². The minimum absolute atomic E-state index is 0.00622. The molecule has 0 aliphatic heterocycles. The minimum atomic E-state index is -4.32. The number of hydrogen-bond acceptors (Lipinski definition) is 5. The first-order chi connectivity index (χ1) is 9.84. The third kappa shape index (κ3) is 6.23. The Labute approximate surface area is 122 Å². The fourth-order valence-electron chi connectivity index (χ4n) is 1.52. The van der Waals surface area contributed by atoms with Gasteiger partial charge in [-0.05, 0) is 18.9 Å². The number of carboxylic acid groups (broad SMARTS) is 1. The summed E-state index contributed by atoms with van der Waals surface area (Å²) in [5.74, 6) is -1.35. The van der Waals surface area contributed by atoms with Crippen LogP contribution in [-0.4, -0.2) is 38.2 Å². The van der Waals surface area contributed by atoms with Crippen LogP contribution in [0.25, 0.3) is 0 Å². The van der Waals surface area contributed by atoms with Crippen molar-refractivity contribution in [1.82, 2.24) is 9.44 Å². The molecule has 1 aromatic carbocycles. The van der Waals surface area contributed by atoms with Crippen molar-refractivity contribution in [3.8, 4) is 0 Å². The number of nitrogens with one attached hydrogen (secondary N) is 2. The Morgan fingerprint density at radius 2 is 1.90 bits per heavy atom. The molecule has 0 bridgehead atoms. The third-order valence-electron chi connectivity index (χ3n) is 2.37. The van der Waals surface area contributed by atoms with Gasteiger partial charge in [-0.25, -0.2) is 9.52 Å². The number of amides is 1. The lowest BCUT2D eigenvalue weighted by Gasteiger charge is -2.15. The van der Waals surface area contributed by atoms with Crippen molar-refractivity contribution in [2.24, 2.45) is 0 Å². The Kier molecular flexibility index (Phi) is 6.12. The zero-order chi connectivity index (χ0) is 15.9. The van der Waals surface area contributed by atoms with E-state index in [9.17, 15) is 18.0 Å². The van der Waals surface area contributed by atoms with E-state index in [1.807, 2.05) is 4.72 Å². The molecule has 8 nitrogen and oxygen atoms in total. The zero-order valence-electron chi connectivity index (χ0n) is 11.3. The SMILES string of the molecule is CCOC(=O)NS(=O)(=O)N[C@H](Cc1ccccc1)C(=O)O. The van der Waals surface area contributed by atoms with Gasteiger partial charge in [-0.1, -0.05) is 30.3 Å². The highest BCUT2D eigenvalue weighted by Crippen LogP contribution is 2.04. The number of aliphatic carboxylic acids is 1. The quantitative estimate of drug-likeness (QED) is 0.663. The molecule has 21 heavy (non-hydrogen) atoms. The van der Waals surface area contributed by atoms with Crippen LogP contribution in [0.5, 0.6) is 0 Å². The van der Waals surface area contributed by atoms with Gasteiger partial charge in [0.15, 0.2) is 0 Å². The Hall–Kier alpha value is -2.13. The predicted octanol–water partition coefficient (Wildman–Crippen LogP) is 0.263. The number of carbonyl (C=O) groups excluding carboxylic acids is 1. The Morgan fingerprint density at radius 3 is 2.43 bits per heavy atom. The maximum atomic E-state index is 11.6. The lowest BCUT2D eigenvalue weighted by molar-refractivity contribution is -0.138. The van der Waals surface area contributed by atoms with Gasteiger partial charge in [-0.15, -0.1) is 0 Å². The average molecular weight is 316 g/mol. The summed E-state index contributed by atoms with van der Waals surface area (Å²) in [5.41, 5.74) is 0.642. The molecule has 9 heteroatoms. The van der Waals surface area contributed by atoms with E-state index in [1.165, 1.54) is 6.92 Å². The summed E-state index contributed by atoms with van der Waals surface area (Å²) in [5, 5.41) is 9.06. The maximum absolute atomic E-state index is 11.6. The number of rotatable bonds is 7. The summed E-state index contributed by atoms with van der Waals surface area (Å²) in [7, 11) is -4.32. The predicted molar refractivity (Wildman–Crippen MR) is 73.8 cm³/mol. The van der Waals surface area contributed by atoms with Crippen molar-refractivity contribution in [3.63, 3.8) is 0 Å². The van der Waals surface area contributed by atoms with Gasteiger partial charge in [0.1, 0.15) is 6.04 Å². The second-order valence-electron chi connectivity index (χ2n) is 4.02. The molecule has 3 N–H and O–H groups in total. The Morgan fingerprint density at radius 1 is 1.29 bits per heavy atom. The van der Waals surface area contributed by atoms with E-state index in [0.717, 1.165) is 0 Å². The standard InChI is InChI=1S/C12H16N2O6S/c1-2-20-12(17)14-21(18,19)13-10(11(15)16)8-9-6-4-3-5-7-9/h3-7,10,13H,2,8H2,1H3,(H,14,17)(H,15,16)/t10-/m1/s1. The monoisotopic (exact) mass is 316 g/mol. The lowest BCUT2D eigenvalue weighted by Crippen LogP contribution is -2.49. The van der Waals surface area contributed by atoms with Crippen LogP contribution in [0.2, 0.25) is 0 Å². The van der Waals surface area contributed by atoms with Crippen LogP contribution < -0.4 is 9.44 Å². The number of carboxylic acids is 1. The van der Waals surface area contributed by atoms with Crippen molar-refractivity contribution in [3.05, 3.63) is 35.9 Å². The lowest BCUT2D eigenvalue weighted by atomic mass is 10.1. The van der Waals surface area contributed by atoms with Gasteiger partial charge in [-0.2, -0.15) is 13.1 Å². The highest BCUT2D eigenvalue weighted by atomic mass is 32.2. The molecule has 0 fully saturated rings. The van der Waals surface area contributed by atoms with Crippen LogP contribution in [0.3, 0.4) is 0 Å². The van der Waals surface area contributed by atoms with Crippen LogP contribution in [0.15, 0.2) is 30.3 Å². The fourth-order valence-corrected chi connectivity index (χ4v) is 2.41. The van der Waals surface area contributed by atoms with Crippen molar-refractivity contribution < 1.29 is 27.9 Å². The van der Waals surface area contributed by atoms with Crippen LogP contribution in [0, 0.1) is 0 Å². The normalized spacial score (nSPS) is 12.4. The van der Waals surface area contributed by atoms with Crippen molar-refractivity contribution >= 4 is 22.3 Å². The smallest absolute Gasteiger partial charge is 0.421 e. The average Bonchev–Trinajstić information content (AvgIpc) is 2.38. The molecule has 0 spiro atoms. The molecule has 0 radical (unpaired) electrons. The number of ether oxygens (including phenoxy) is 1. The summed E-state index contributed by atoms with van der Waals surface area (Å²) >= 11 is 0. The van der Waals surface area contributed by atoms with Crippen LogP contribution in [0.4, 0.5) is 4.79 Å². The first-order valence-electron chi connectivity index (χ1n) is 6.07. The summed E-state index contributed by atoms with van der Waals surface area (Å²) < 4.78 is 31.1. The van der Waals surface area contributed by atoms with Gasteiger partial charge in [0.25, 0.3) is 0 Å². The first-order valence-corrected chi connectivity index (χ1v) is 7.56. The highest BCUT2D eigenvalue weighted by molar-refractivity contribution is 7.88. The highest BCUT2D eigenvalue weighted by Gasteiger charge is 2.25. The minimum Gasteiger partial charge on any atom is -0.480 e. The molecule has 0 unspecified atom stereocenters. The Balaban J connectivity index is 2.74. The van der Waals surface area contributed by atoms with Gasteiger partial charge < -0.3 is 9.84 Å². The van der Waals surface area contributed by atoms with E-state index in [4.69, 9.17) is 5.11 Å². The largest absolute Gasteiger partial charge is 0.480 e. The van der Waals surface area contributed by atoms with Crippen molar-refractivity contribution in [2.75, 3.05) is 6.61 Å². The molecule has 1 rings (SSSR count). The molecule has 1 aromatic rings. The molecular formula is C12H16N2O6S. The van der Waals surface area contributed by atoms with Crippen LogP contribution in [0.1, 0.15) is 12.5 Å². The number of carbonyl (C=O) groups is 2. The second kappa shape index (κ2) is 7.60. The van der Waals surface area contributed by atoms with Gasteiger partial charge in [0.2, 0.25) is 0 Å². The Bertz CT molecular complexity index is 587.